The highest BCUT2D eigenvalue weighted by Gasteiger charge is 2.35. The Kier molecular flexibility index (Phi) is 5.24. The molecule has 12 nitrogen and oxygen atoms in total. The standard InChI is InChI=1S/C21H23N9O3/c1-27-19(9-18(25-27)17-8-16(32-2)4-5-20(17)33-3)21(31)28-12-15(13-28)29-10-14(24-26-29)11-30-22-6-7-23-30/h4-10,15H,11-13H2,1-3H3. The molecule has 0 aliphatic carbocycles. The average Bonchev–Trinajstić information content (AvgIpc) is 3.54. The smallest absolute Gasteiger partial charge is 0.272 e. The second-order valence-corrected chi connectivity index (χ2v) is 7.72. The molecule has 0 radical (unpaired) electrons. The zero-order valence-electron chi connectivity index (χ0n) is 18.5. The van der Waals surface area contributed by atoms with Crippen molar-refractivity contribution in [3.63, 3.8) is 0 Å². The minimum absolute atomic E-state index is 0.0759. The van der Waals surface area contributed by atoms with Crippen molar-refractivity contribution in [2.45, 2.75) is 12.6 Å². The number of amides is 1. The van der Waals surface area contributed by atoms with Crippen LogP contribution in [0.25, 0.3) is 11.3 Å². The van der Waals surface area contributed by atoms with Crippen LogP contribution in [0.4, 0.5) is 0 Å². The summed E-state index contributed by atoms with van der Waals surface area (Å²) in [5.74, 6) is 1.25. The second kappa shape index (κ2) is 8.37. The number of hydrogen-bond acceptors (Lipinski definition) is 8. The molecule has 0 saturated carbocycles. The number of carbonyl (C=O) groups is 1. The quantitative estimate of drug-likeness (QED) is 0.411. The van der Waals surface area contributed by atoms with Crippen LogP contribution in [0.3, 0.4) is 0 Å². The Morgan fingerprint density at radius 3 is 2.64 bits per heavy atom. The van der Waals surface area contributed by atoms with E-state index in [1.807, 2.05) is 24.4 Å². The molecule has 0 atom stereocenters. The van der Waals surface area contributed by atoms with Crippen molar-refractivity contribution in [2.75, 3.05) is 27.3 Å². The third kappa shape index (κ3) is 3.90. The van der Waals surface area contributed by atoms with E-state index in [-0.39, 0.29) is 11.9 Å². The van der Waals surface area contributed by atoms with Gasteiger partial charge >= 0.3 is 0 Å². The van der Waals surface area contributed by atoms with E-state index in [1.54, 1.807) is 58.8 Å². The lowest BCUT2D eigenvalue weighted by Gasteiger charge is -2.38. The molecule has 5 rings (SSSR count). The molecular formula is C21H23N9O3. The number of ether oxygens (including phenoxy) is 2. The lowest BCUT2D eigenvalue weighted by Crippen LogP contribution is -2.51. The van der Waals surface area contributed by atoms with Gasteiger partial charge in [0, 0.05) is 25.7 Å². The molecule has 0 unspecified atom stereocenters. The van der Waals surface area contributed by atoms with E-state index in [2.05, 4.69) is 25.6 Å². The minimum atomic E-state index is -0.0876. The first-order valence-corrected chi connectivity index (χ1v) is 10.4. The monoisotopic (exact) mass is 449 g/mol. The number of rotatable bonds is 7. The topological polar surface area (TPSA) is 118 Å². The zero-order valence-corrected chi connectivity index (χ0v) is 18.5. The fourth-order valence-electron chi connectivity index (χ4n) is 3.80. The molecule has 1 saturated heterocycles. The van der Waals surface area contributed by atoms with Crippen LogP contribution >= 0.6 is 0 Å². The number of nitrogens with zero attached hydrogens (tertiary/aromatic N) is 9. The Labute approximate surface area is 189 Å². The van der Waals surface area contributed by atoms with Gasteiger partial charge in [0.2, 0.25) is 0 Å². The maximum Gasteiger partial charge on any atom is 0.272 e. The molecule has 4 aromatic rings. The second-order valence-electron chi connectivity index (χ2n) is 7.72. The first kappa shape index (κ1) is 20.7. The van der Waals surface area contributed by atoms with Gasteiger partial charge in [-0.25, -0.2) is 4.68 Å². The number of carbonyl (C=O) groups excluding carboxylic acids is 1. The van der Waals surface area contributed by atoms with Crippen LogP contribution in [0, 0.1) is 0 Å². The van der Waals surface area contributed by atoms with Gasteiger partial charge in [0.05, 0.1) is 44.5 Å². The van der Waals surface area contributed by atoms with E-state index in [0.717, 1.165) is 11.3 Å². The number of methoxy groups -OCH3 is 2. The van der Waals surface area contributed by atoms with Crippen molar-refractivity contribution in [3.8, 4) is 22.8 Å². The molecule has 170 valence electrons. The van der Waals surface area contributed by atoms with Gasteiger partial charge in [0.15, 0.2) is 0 Å². The van der Waals surface area contributed by atoms with Crippen LogP contribution in [-0.2, 0) is 13.6 Å². The molecule has 0 bridgehead atoms. The lowest BCUT2D eigenvalue weighted by molar-refractivity contribution is 0.0487. The van der Waals surface area contributed by atoms with Crippen LogP contribution < -0.4 is 9.47 Å². The van der Waals surface area contributed by atoms with E-state index < -0.39 is 0 Å². The fourth-order valence-corrected chi connectivity index (χ4v) is 3.80. The van der Waals surface area contributed by atoms with Crippen molar-refractivity contribution in [3.05, 3.63) is 54.2 Å². The van der Waals surface area contributed by atoms with Gasteiger partial charge in [-0.1, -0.05) is 5.21 Å². The summed E-state index contributed by atoms with van der Waals surface area (Å²) in [4.78, 5) is 16.4. The molecule has 12 heteroatoms. The third-order valence-corrected chi connectivity index (χ3v) is 5.63. The molecule has 1 amide bonds. The van der Waals surface area contributed by atoms with Gasteiger partial charge in [0.25, 0.3) is 5.91 Å². The van der Waals surface area contributed by atoms with Crippen LogP contribution in [0.5, 0.6) is 11.5 Å². The zero-order chi connectivity index (χ0) is 22.9. The van der Waals surface area contributed by atoms with Gasteiger partial charge in [-0.2, -0.15) is 20.1 Å². The third-order valence-electron chi connectivity index (χ3n) is 5.63. The molecule has 1 fully saturated rings. The van der Waals surface area contributed by atoms with Crippen LogP contribution in [0.2, 0.25) is 0 Å². The highest BCUT2D eigenvalue weighted by Crippen LogP contribution is 2.33. The summed E-state index contributed by atoms with van der Waals surface area (Å²) < 4.78 is 14.2. The van der Waals surface area contributed by atoms with E-state index in [4.69, 9.17) is 9.47 Å². The molecular weight excluding hydrogens is 426 g/mol. The summed E-state index contributed by atoms with van der Waals surface area (Å²) in [7, 11) is 4.96. The minimum Gasteiger partial charge on any atom is -0.497 e. The van der Waals surface area contributed by atoms with E-state index in [9.17, 15) is 4.79 Å². The first-order valence-electron chi connectivity index (χ1n) is 10.4. The van der Waals surface area contributed by atoms with Crippen molar-refractivity contribution >= 4 is 5.91 Å². The van der Waals surface area contributed by atoms with Gasteiger partial charge in [-0.05, 0) is 24.3 Å². The number of benzene rings is 1. The number of likely N-dealkylation sites (tertiary alicyclic amines) is 1. The molecule has 0 spiro atoms. The maximum absolute atomic E-state index is 13.1. The van der Waals surface area contributed by atoms with Crippen molar-refractivity contribution in [2.24, 2.45) is 7.05 Å². The lowest BCUT2D eigenvalue weighted by atomic mass is 10.1. The Balaban J connectivity index is 1.27. The SMILES string of the molecule is COc1ccc(OC)c(-c2cc(C(=O)N3CC(n4cc(Cn5nccn5)nn4)C3)n(C)n2)c1. The summed E-state index contributed by atoms with van der Waals surface area (Å²) in [5, 5.41) is 21.1. The van der Waals surface area contributed by atoms with E-state index >= 15 is 0 Å². The number of aryl methyl sites for hydroxylation is 1. The molecule has 1 aliphatic rings. The van der Waals surface area contributed by atoms with Crippen molar-refractivity contribution in [1.29, 1.82) is 0 Å². The van der Waals surface area contributed by atoms with Crippen molar-refractivity contribution in [1.82, 2.24) is 44.7 Å². The maximum atomic E-state index is 13.1. The Morgan fingerprint density at radius 1 is 1.12 bits per heavy atom. The summed E-state index contributed by atoms with van der Waals surface area (Å²) >= 11 is 0. The molecule has 3 aromatic heterocycles. The van der Waals surface area contributed by atoms with Crippen molar-refractivity contribution < 1.29 is 14.3 Å². The average molecular weight is 449 g/mol. The van der Waals surface area contributed by atoms with Crippen LogP contribution in [0.15, 0.2) is 42.9 Å². The normalized spacial score (nSPS) is 13.7. The predicted octanol–water partition coefficient (Wildman–Crippen LogP) is 1.03. The molecule has 0 N–H and O–H groups in total. The van der Waals surface area contributed by atoms with Gasteiger partial charge < -0.3 is 14.4 Å². The van der Waals surface area contributed by atoms with Crippen LogP contribution in [0.1, 0.15) is 22.2 Å². The van der Waals surface area contributed by atoms with Crippen LogP contribution in [-0.4, -0.2) is 77.9 Å². The van der Waals surface area contributed by atoms with Gasteiger partial charge in [0.1, 0.15) is 29.4 Å². The van der Waals surface area contributed by atoms with Gasteiger partial charge in [-0.15, -0.1) is 5.10 Å². The summed E-state index contributed by atoms with van der Waals surface area (Å²) in [5.41, 5.74) is 2.66. The molecule has 4 heterocycles. The van der Waals surface area contributed by atoms with Gasteiger partial charge in [-0.3, -0.25) is 9.48 Å². The molecule has 1 aromatic carbocycles. The largest absolute Gasteiger partial charge is 0.497 e. The Hall–Kier alpha value is -4.22. The number of aromatic nitrogens is 8. The fraction of sp³-hybridized carbons (Fsp3) is 0.333. The predicted molar refractivity (Wildman–Crippen MR) is 116 cm³/mol. The van der Waals surface area contributed by atoms with E-state index in [0.29, 0.717) is 42.5 Å². The highest BCUT2D eigenvalue weighted by molar-refractivity contribution is 5.94. The Morgan fingerprint density at radius 2 is 1.91 bits per heavy atom. The number of hydrogen-bond donors (Lipinski definition) is 0. The summed E-state index contributed by atoms with van der Waals surface area (Å²) in [6.45, 7) is 1.54. The first-order chi connectivity index (χ1) is 16.1. The summed E-state index contributed by atoms with van der Waals surface area (Å²) in [6, 6.07) is 7.33. The molecule has 1 aliphatic heterocycles. The highest BCUT2D eigenvalue weighted by atomic mass is 16.5. The molecule has 33 heavy (non-hydrogen) atoms. The van der Waals surface area contributed by atoms with E-state index in [1.165, 1.54) is 0 Å². The summed E-state index contributed by atoms with van der Waals surface area (Å²) in [6.07, 6.45) is 5.11. The Bertz CT molecular complexity index is 1270.